The van der Waals surface area contributed by atoms with Crippen molar-refractivity contribution >= 4 is 34.2 Å². The molecule has 0 atom stereocenters. The second-order valence-electron chi connectivity index (χ2n) is 4.29. The molecule has 0 aliphatic carbocycles. The van der Waals surface area contributed by atoms with E-state index in [1.165, 1.54) is 0 Å². The Morgan fingerprint density at radius 1 is 1.18 bits per heavy atom. The number of imidazole rings is 1. The van der Waals surface area contributed by atoms with Crippen molar-refractivity contribution in [2.75, 3.05) is 13.2 Å². The third kappa shape index (κ3) is 2.15. The smallest absolute Gasteiger partial charge is 0.110 e. The first-order chi connectivity index (χ1) is 8.24. The second kappa shape index (κ2) is 4.48. The van der Waals surface area contributed by atoms with Crippen LogP contribution in [0.4, 0.5) is 0 Å². The standard InChI is InChI=1S/C12H12Cl2N2O/c13-8-5-10-11(6-9(8)14)16-12(15-10)7-1-3-17-4-2-7/h5-7H,1-4H2,(H,15,16). The number of aromatic amines is 1. The minimum absolute atomic E-state index is 0.453. The monoisotopic (exact) mass is 270 g/mol. The summed E-state index contributed by atoms with van der Waals surface area (Å²) in [5.41, 5.74) is 1.82. The molecule has 2 aromatic rings. The molecule has 2 heterocycles. The SMILES string of the molecule is Clc1cc2nc(C3CCOCC3)[nH]c2cc1Cl. The lowest BCUT2D eigenvalue weighted by atomic mass is 10.00. The van der Waals surface area contributed by atoms with Crippen molar-refractivity contribution in [1.82, 2.24) is 9.97 Å². The molecule has 1 saturated heterocycles. The predicted octanol–water partition coefficient (Wildman–Crippen LogP) is 3.76. The van der Waals surface area contributed by atoms with Gasteiger partial charge in [-0.1, -0.05) is 23.2 Å². The predicted molar refractivity (Wildman–Crippen MR) is 68.9 cm³/mol. The van der Waals surface area contributed by atoms with Gasteiger partial charge in [0.2, 0.25) is 0 Å². The molecular formula is C12H12Cl2N2O. The zero-order chi connectivity index (χ0) is 11.8. The van der Waals surface area contributed by atoms with E-state index in [4.69, 9.17) is 27.9 Å². The maximum atomic E-state index is 5.98. The molecule has 1 aromatic heterocycles. The van der Waals surface area contributed by atoms with Gasteiger partial charge >= 0.3 is 0 Å². The van der Waals surface area contributed by atoms with Crippen molar-refractivity contribution in [3.8, 4) is 0 Å². The number of hydrogen-bond donors (Lipinski definition) is 1. The molecule has 3 rings (SSSR count). The van der Waals surface area contributed by atoms with E-state index in [-0.39, 0.29) is 0 Å². The van der Waals surface area contributed by atoms with Crippen molar-refractivity contribution in [3.05, 3.63) is 28.0 Å². The fraction of sp³-hybridized carbons (Fsp3) is 0.417. The van der Waals surface area contributed by atoms with Crippen LogP contribution in [0.2, 0.25) is 10.0 Å². The van der Waals surface area contributed by atoms with Gasteiger partial charge in [-0.3, -0.25) is 0 Å². The highest BCUT2D eigenvalue weighted by atomic mass is 35.5. The summed E-state index contributed by atoms with van der Waals surface area (Å²) in [6, 6.07) is 3.63. The van der Waals surface area contributed by atoms with Gasteiger partial charge < -0.3 is 9.72 Å². The summed E-state index contributed by atoms with van der Waals surface area (Å²) >= 11 is 12.0. The first-order valence-electron chi connectivity index (χ1n) is 5.66. The number of H-pyrrole nitrogens is 1. The Labute approximate surface area is 109 Å². The molecule has 5 heteroatoms. The third-order valence-corrected chi connectivity index (χ3v) is 3.87. The summed E-state index contributed by atoms with van der Waals surface area (Å²) in [5, 5.41) is 1.10. The zero-order valence-corrected chi connectivity index (χ0v) is 10.7. The van der Waals surface area contributed by atoms with Crippen molar-refractivity contribution in [2.45, 2.75) is 18.8 Å². The molecule has 0 bridgehead atoms. The lowest BCUT2D eigenvalue weighted by Crippen LogP contribution is -2.15. The van der Waals surface area contributed by atoms with Gasteiger partial charge in [-0.05, 0) is 25.0 Å². The minimum Gasteiger partial charge on any atom is -0.381 e. The van der Waals surface area contributed by atoms with E-state index in [0.717, 1.165) is 42.9 Å². The van der Waals surface area contributed by atoms with E-state index in [9.17, 15) is 0 Å². The first-order valence-corrected chi connectivity index (χ1v) is 6.42. The molecule has 0 unspecified atom stereocenters. The molecule has 0 radical (unpaired) electrons. The number of nitrogens with zero attached hydrogens (tertiary/aromatic N) is 1. The molecular weight excluding hydrogens is 259 g/mol. The number of halogens is 2. The highest BCUT2D eigenvalue weighted by Crippen LogP contribution is 2.30. The topological polar surface area (TPSA) is 37.9 Å². The summed E-state index contributed by atoms with van der Waals surface area (Å²) in [6.07, 6.45) is 2.03. The van der Waals surface area contributed by atoms with Crippen LogP contribution >= 0.6 is 23.2 Å². The summed E-state index contributed by atoms with van der Waals surface area (Å²) in [4.78, 5) is 7.91. The third-order valence-electron chi connectivity index (χ3n) is 3.15. The molecule has 1 fully saturated rings. The Bertz CT molecular complexity index is 508. The van der Waals surface area contributed by atoms with Gasteiger partial charge in [-0.25, -0.2) is 4.98 Å². The quantitative estimate of drug-likeness (QED) is 0.857. The van der Waals surface area contributed by atoms with Crippen LogP contribution < -0.4 is 0 Å². The Kier molecular flexibility index (Phi) is 2.99. The Morgan fingerprint density at radius 3 is 2.65 bits per heavy atom. The number of aromatic nitrogens is 2. The van der Waals surface area contributed by atoms with E-state index >= 15 is 0 Å². The van der Waals surface area contributed by atoms with Gasteiger partial charge in [0.25, 0.3) is 0 Å². The summed E-state index contributed by atoms with van der Waals surface area (Å²) in [6.45, 7) is 1.62. The van der Waals surface area contributed by atoms with Crippen LogP contribution in [-0.4, -0.2) is 23.2 Å². The fourth-order valence-corrected chi connectivity index (χ4v) is 2.51. The van der Waals surface area contributed by atoms with Crippen LogP contribution in [0.3, 0.4) is 0 Å². The maximum Gasteiger partial charge on any atom is 0.110 e. The lowest BCUT2D eigenvalue weighted by molar-refractivity contribution is 0.0838. The Hall–Kier alpha value is -0.770. The second-order valence-corrected chi connectivity index (χ2v) is 5.11. The number of nitrogens with one attached hydrogen (secondary N) is 1. The average Bonchev–Trinajstić information content (AvgIpc) is 2.74. The van der Waals surface area contributed by atoms with E-state index in [1.807, 2.05) is 6.07 Å². The number of fused-ring (bicyclic) bond motifs is 1. The maximum absolute atomic E-state index is 5.98. The van der Waals surface area contributed by atoms with Crippen LogP contribution in [0, 0.1) is 0 Å². The summed E-state index contributed by atoms with van der Waals surface area (Å²) < 4.78 is 5.35. The zero-order valence-electron chi connectivity index (χ0n) is 9.17. The van der Waals surface area contributed by atoms with E-state index in [2.05, 4.69) is 9.97 Å². The van der Waals surface area contributed by atoms with Gasteiger partial charge in [0.05, 0.1) is 21.1 Å². The molecule has 1 aliphatic rings. The van der Waals surface area contributed by atoms with E-state index in [0.29, 0.717) is 16.0 Å². The molecule has 0 amide bonds. The molecule has 3 nitrogen and oxygen atoms in total. The highest BCUT2D eigenvalue weighted by molar-refractivity contribution is 6.42. The molecule has 0 spiro atoms. The summed E-state index contributed by atoms with van der Waals surface area (Å²) in [5.74, 6) is 1.47. The van der Waals surface area contributed by atoms with Gasteiger partial charge in [-0.2, -0.15) is 0 Å². The van der Waals surface area contributed by atoms with Crippen LogP contribution in [0.5, 0.6) is 0 Å². The van der Waals surface area contributed by atoms with Crippen molar-refractivity contribution in [2.24, 2.45) is 0 Å². The summed E-state index contributed by atoms with van der Waals surface area (Å²) in [7, 11) is 0. The van der Waals surface area contributed by atoms with Crippen LogP contribution in [-0.2, 0) is 4.74 Å². The normalized spacial score (nSPS) is 17.8. The van der Waals surface area contributed by atoms with Gasteiger partial charge in [0.1, 0.15) is 5.82 Å². The van der Waals surface area contributed by atoms with Crippen LogP contribution in [0.1, 0.15) is 24.6 Å². The van der Waals surface area contributed by atoms with E-state index in [1.54, 1.807) is 6.07 Å². The van der Waals surface area contributed by atoms with E-state index < -0.39 is 0 Å². The number of rotatable bonds is 1. The van der Waals surface area contributed by atoms with Crippen molar-refractivity contribution in [3.63, 3.8) is 0 Å². The lowest BCUT2D eigenvalue weighted by Gasteiger charge is -2.19. The Morgan fingerprint density at radius 2 is 1.88 bits per heavy atom. The molecule has 17 heavy (non-hydrogen) atoms. The minimum atomic E-state index is 0.453. The van der Waals surface area contributed by atoms with Crippen molar-refractivity contribution in [1.29, 1.82) is 0 Å². The van der Waals surface area contributed by atoms with Gasteiger partial charge in [0.15, 0.2) is 0 Å². The highest BCUT2D eigenvalue weighted by Gasteiger charge is 2.19. The molecule has 0 saturated carbocycles. The van der Waals surface area contributed by atoms with Crippen LogP contribution in [0.25, 0.3) is 11.0 Å². The molecule has 1 N–H and O–H groups in total. The Balaban J connectivity index is 2.00. The molecule has 1 aromatic carbocycles. The fourth-order valence-electron chi connectivity index (χ4n) is 2.19. The number of hydrogen-bond acceptors (Lipinski definition) is 2. The van der Waals surface area contributed by atoms with Gasteiger partial charge in [0, 0.05) is 19.1 Å². The largest absolute Gasteiger partial charge is 0.381 e. The van der Waals surface area contributed by atoms with Gasteiger partial charge in [-0.15, -0.1) is 0 Å². The average molecular weight is 271 g/mol. The first kappa shape index (κ1) is 11.3. The molecule has 90 valence electrons. The van der Waals surface area contributed by atoms with Crippen molar-refractivity contribution < 1.29 is 4.74 Å². The number of benzene rings is 1. The molecule has 1 aliphatic heterocycles. The van der Waals surface area contributed by atoms with Crippen LogP contribution in [0.15, 0.2) is 12.1 Å². The number of ether oxygens (including phenoxy) is 1.